The van der Waals surface area contributed by atoms with E-state index in [1.54, 1.807) is 17.9 Å². The summed E-state index contributed by atoms with van der Waals surface area (Å²) in [6, 6.07) is 5.63. The Bertz CT molecular complexity index is 561. The van der Waals surface area contributed by atoms with Gasteiger partial charge in [0.2, 0.25) is 0 Å². The second kappa shape index (κ2) is 10.8. The summed E-state index contributed by atoms with van der Waals surface area (Å²) in [7, 11) is 1.33. The van der Waals surface area contributed by atoms with E-state index in [1.165, 1.54) is 25.3 Å². The SMILES string of the molecule is CCN(CC)CCCN(CC(C)C(=O)OC)C(=O)c1cccc(F)c1. The van der Waals surface area contributed by atoms with Crippen molar-refractivity contribution in [3.05, 3.63) is 35.6 Å². The fourth-order valence-corrected chi connectivity index (χ4v) is 2.71. The summed E-state index contributed by atoms with van der Waals surface area (Å²) in [6.07, 6.45) is 0.788. The lowest BCUT2D eigenvalue weighted by molar-refractivity contribution is -0.145. The Morgan fingerprint density at radius 3 is 2.44 bits per heavy atom. The molecule has 0 aliphatic heterocycles. The summed E-state index contributed by atoms with van der Waals surface area (Å²) in [5, 5.41) is 0. The molecular weight excluding hydrogens is 323 g/mol. The highest BCUT2D eigenvalue weighted by Crippen LogP contribution is 2.11. The van der Waals surface area contributed by atoms with Crippen molar-refractivity contribution in [3.63, 3.8) is 0 Å². The van der Waals surface area contributed by atoms with Gasteiger partial charge in [-0.1, -0.05) is 26.8 Å². The van der Waals surface area contributed by atoms with Crippen LogP contribution >= 0.6 is 0 Å². The summed E-state index contributed by atoms with van der Waals surface area (Å²) in [4.78, 5) is 28.3. The quantitative estimate of drug-likeness (QED) is 0.608. The molecule has 0 saturated heterocycles. The first-order valence-corrected chi connectivity index (χ1v) is 8.77. The van der Waals surface area contributed by atoms with Crippen molar-refractivity contribution in [3.8, 4) is 0 Å². The number of carbonyl (C=O) groups excluding carboxylic acids is 2. The number of carbonyl (C=O) groups is 2. The van der Waals surface area contributed by atoms with Gasteiger partial charge in [-0.15, -0.1) is 0 Å². The van der Waals surface area contributed by atoms with Gasteiger partial charge in [0.25, 0.3) is 5.91 Å². The van der Waals surface area contributed by atoms with Gasteiger partial charge in [0, 0.05) is 18.7 Å². The van der Waals surface area contributed by atoms with Crippen molar-refractivity contribution < 1.29 is 18.7 Å². The number of methoxy groups -OCH3 is 1. The molecule has 0 aliphatic rings. The van der Waals surface area contributed by atoms with Gasteiger partial charge < -0.3 is 14.5 Å². The van der Waals surface area contributed by atoms with Crippen molar-refractivity contribution in [1.82, 2.24) is 9.80 Å². The Hall–Kier alpha value is -1.95. The Labute approximate surface area is 149 Å². The lowest BCUT2D eigenvalue weighted by Crippen LogP contribution is -2.39. The molecule has 1 aromatic rings. The van der Waals surface area contributed by atoms with E-state index < -0.39 is 11.7 Å². The zero-order valence-corrected chi connectivity index (χ0v) is 15.6. The molecule has 5 nitrogen and oxygen atoms in total. The lowest BCUT2D eigenvalue weighted by Gasteiger charge is -2.26. The third-order valence-corrected chi connectivity index (χ3v) is 4.25. The largest absolute Gasteiger partial charge is 0.469 e. The van der Waals surface area contributed by atoms with Gasteiger partial charge >= 0.3 is 5.97 Å². The van der Waals surface area contributed by atoms with E-state index in [0.29, 0.717) is 12.1 Å². The molecule has 1 amide bonds. The van der Waals surface area contributed by atoms with Crippen molar-refractivity contribution >= 4 is 11.9 Å². The highest BCUT2D eigenvalue weighted by atomic mass is 19.1. The average Bonchev–Trinajstić information content (AvgIpc) is 2.62. The molecular formula is C19H29FN2O3. The molecule has 1 rings (SSSR count). The number of hydrogen-bond donors (Lipinski definition) is 0. The molecule has 0 aliphatic carbocycles. The third kappa shape index (κ3) is 6.82. The van der Waals surface area contributed by atoms with E-state index >= 15 is 0 Å². The van der Waals surface area contributed by atoms with Crippen LogP contribution in [0.15, 0.2) is 24.3 Å². The van der Waals surface area contributed by atoms with Crippen LogP contribution in [0, 0.1) is 11.7 Å². The van der Waals surface area contributed by atoms with Gasteiger partial charge in [-0.05, 0) is 44.3 Å². The van der Waals surface area contributed by atoms with Crippen LogP contribution in [0.25, 0.3) is 0 Å². The van der Waals surface area contributed by atoms with E-state index in [2.05, 4.69) is 18.7 Å². The van der Waals surface area contributed by atoms with Crippen molar-refractivity contribution in [1.29, 1.82) is 0 Å². The van der Waals surface area contributed by atoms with E-state index in [1.807, 2.05) is 0 Å². The maximum Gasteiger partial charge on any atom is 0.310 e. The summed E-state index contributed by atoms with van der Waals surface area (Å²) in [6.45, 7) is 9.44. The van der Waals surface area contributed by atoms with Crippen molar-refractivity contribution in [2.45, 2.75) is 27.2 Å². The van der Waals surface area contributed by atoms with E-state index in [9.17, 15) is 14.0 Å². The molecule has 1 aromatic carbocycles. The maximum absolute atomic E-state index is 13.4. The molecule has 0 bridgehead atoms. The smallest absolute Gasteiger partial charge is 0.310 e. The lowest BCUT2D eigenvalue weighted by atomic mass is 10.1. The minimum atomic E-state index is -0.449. The minimum absolute atomic E-state index is 0.250. The average molecular weight is 352 g/mol. The Morgan fingerprint density at radius 1 is 1.20 bits per heavy atom. The molecule has 0 aromatic heterocycles. The fourth-order valence-electron chi connectivity index (χ4n) is 2.71. The monoisotopic (exact) mass is 352 g/mol. The highest BCUT2D eigenvalue weighted by Gasteiger charge is 2.22. The molecule has 140 valence electrons. The standard InChI is InChI=1S/C19H29FN2O3/c1-5-21(6-2)11-8-12-22(14-15(3)19(24)25-4)18(23)16-9-7-10-17(20)13-16/h7,9-10,13,15H,5-6,8,11-12,14H2,1-4H3. The Morgan fingerprint density at radius 2 is 1.88 bits per heavy atom. The normalized spacial score (nSPS) is 12.1. The van der Waals surface area contributed by atoms with Gasteiger partial charge in [0.1, 0.15) is 5.82 Å². The van der Waals surface area contributed by atoms with Crippen LogP contribution in [0.4, 0.5) is 4.39 Å². The number of halogens is 1. The van der Waals surface area contributed by atoms with Crippen LogP contribution in [0.1, 0.15) is 37.6 Å². The molecule has 1 atom stereocenters. The van der Waals surface area contributed by atoms with E-state index in [4.69, 9.17) is 4.74 Å². The summed E-state index contributed by atoms with van der Waals surface area (Å²) < 4.78 is 18.2. The molecule has 1 unspecified atom stereocenters. The minimum Gasteiger partial charge on any atom is -0.469 e. The highest BCUT2D eigenvalue weighted by molar-refractivity contribution is 5.94. The van der Waals surface area contributed by atoms with Gasteiger partial charge in [0.05, 0.1) is 13.0 Å². The van der Waals surface area contributed by atoms with Crippen molar-refractivity contribution in [2.75, 3.05) is 39.8 Å². The Balaban J connectivity index is 2.82. The predicted octanol–water partition coefficient (Wildman–Crippen LogP) is 2.81. The number of benzene rings is 1. The topological polar surface area (TPSA) is 49.9 Å². The third-order valence-electron chi connectivity index (χ3n) is 4.25. The van der Waals surface area contributed by atoms with Crippen molar-refractivity contribution in [2.24, 2.45) is 5.92 Å². The zero-order valence-electron chi connectivity index (χ0n) is 15.6. The van der Waals surface area contributed by atoms with Crippen LogP contribution in [-0.4, -0.2) is 61.5 Å². The summed E-state index contributed by atoms with van der Waals surface area (Å²) in [5.41, 5.74) is 0.292. The first-order chi connectivity index (χ1) is 11.9. The van der Waals surface area contributed by atoms with E-state index in [0.717, 1.165) is 26.1 Å². The number of amides is 1. The van der Waals surface area contributed by atoms with Gasteiger partial charge in [-0.2, -0.15) is 0 Å². The van der Waals surface area contributed by atoms with Crippen LogP contribution < -0.4 is 0 Å². The van der Waals surface area contributed by atoms with Gasteiger partial charge in [-0.25, -0.2) is 4.39 Å². The summed E-state index contributed by atoms with van der Waals surface area (Å²) >= 11 is 0. The molecule has 0 spiro atoms. The molecule has 0 fully saturated rings. The van der Waals surface area contributed by atoms with Crippen LogP contribution in [-0.2, 0) is 9.53 Å². The second-order valence-corrected chi connectivity index (χ2v) is 6.07. The van der Waals surface area contributed by atoms with Crippen LogP contribution in [0.3, 0.4) is 0 Å². The van der Waals surface area contributed by atoms with Gasteiger partial charge in [-0.3, -0.25) is 9.59 Å². The molecule has 0 saturated carbocycles. The number of rotatable bonds is 10. The molecule has 6 heteroatoms. The zero-order chi connectivity index (χ0) is 18.8. The second-order valence-electron chi connectivity index (χ2n) is 6.07. The molecule has 0 radical (unpaired) electrons. The van der Waals surface area contributed by atoms with Crippen LogP contribution in [0.2, 0.25) is 0 Å². The first-order valence-electron chi connectivity index (χ1n) is 8.77. The number of esters is 1. The molecule has 25 heavy (non-hydrogen) atoms. The maximum atomic E-state index is 13.4. The summed E-state index contributed by atoms with van der Waals surface area (Å²) in [5.74, 6) is -1.51. The Kier molecular flexibility index (Phi) is 9.13. The first kappa shape index (κ1) is 21.1. The van der Waals surface area contributed by atoms with Gasteiger partial charge in [0.15, 0.2) is 0 Å². The molecule has 0 heterocycles. The number of ether oxygens (including phenoxy) is 1. The number of hydrogen-bond acceptors (Lipinski definition) is 4. The van der Waals surface area contributed by atoms with Crippen LogP contribution in [0.5, 0.6) is 0 Å². The van der Waals surface area contributed by atoms with E-state index in [-0.39, 0.29) is 18.4 Å². The molecule has 0 N–H and O–H groups in total. The fraction of sp³-hybridized carbons (Fsp3) is 0.579. The number of nitrogens with zero attached hydrogens (tertiary/aromatic N) is 2. The predicted molar refractivity (Wildman–Crippen MR) is 95.9 cm³/mol.